The molecule has 1 N–H and O–H groups in total. The Morgan fingerprint density at radius 1 is 1.32 bits per heavy atom. The van der Waals surface area contributed by atoms with Gasteiger partial charge in [-0.15, -0.1) is 0 Å². The molecular formula is C17H22N2O3. The van der Waals surface area contributed by atoms with Gasteiger partial charge in [0, 0.05) is 12.1 Å². The molecule has 0 saturated heterocycles. The van der Waals surface area contributed by atoms with E-state index in [1.807, 2.05) is 38.1 Å². The third-order valence-corrected chi connectivity index (χ3v) is 2.78. The molecule has 0 aliphatic heterocycles. The lowest BCUT2D eigenvalue weighted by Crippen LogP contribution is -2.30. The van der Waals surface area contributed by atoms with E-state index in [4.69, 9.17) is 14.7 Å². The van der Waals surface area contributed by atoms with Crippen molar-refractivity contribution in [1.82, 2.24) is 5.32 Å². The van der Waals surface area contributed by atoms with Crippen molar-refractivity contribution in [2.24, 2.45) is 0 Å². The Labute approximate surface area is 131 Å². The molecule has 0 spiro atoms. The molecule has 1 aromatic rings. The second-order valence-corrected chi connectivity index (χ2v) is 4.68. The molecule has 0 heterocycles. The van der Waals surface area contributed by atoms with Crippen molar-refractivity contribution in [3.05, 3.63) is 29.8 Å². The largest absolute Gasteiger partial charge is 0.490 e. The molecule has 0 fully saturated rings. The predicted molar refractivity (Wildman–Crippen MR) is 85.6 cm³/mol. The minimum Gasteiger partial charge on any atom is -0.490 e. The topological polar surface area (TPSA) is 71.3 Å². The second-order valence-electron chi connectivity index (χ2n) is 4.68. The van der Waals surface area contributed by atoms with Gasteiger partial charge in [-0.1, -0.05) is 6.07 Å². The van der Waals surface area contributed by atoms with E-state index in [9.17, 15) is 4.79 Å². The van der Waals surface area contributed by atoms with Gasteiger partial charge >= 0.3 is 0 Å². The van der Waals surface area contributed by atoms with Crippen molar-refractivity contribution in [2.45, 2.75) is 33.2 Å². The highest BCUT2D eigenvalue weighted by Crippen LogP contribution is 2.28. The van der Waals surface area contributed by atoms with Crippen LogP contribution in [0.2, 0.25) is 0 Å². The minimum atomic E-state index is -0.227. The first-order valence-electron chi connectivity index (χ1n) is 7.35. The van der Waals surface area contributed by atoms with Gasteiger partial charge in [0.1, 0.15) is 0 Å². The Balaban J connectivity index is 2.76. The van der Waals surface area contributed by atoms with E-state index in [0.29, 0.717) is 24.7 Å². The van der Waals surface area contributed by atoms with Gasteiger partial charge in [0.25, 0.3) is 0 Å². The normalized spacial score (nSPS) is 11.7. The number of carbonyl (C=O) groups excluding carboxylic acids is 1. The number of ether oxygens (including phenoxy) is 2. The van der Waals surface area contributed by atoms with Gasteiger partial charge in [-0.25, -0.2) is 0 Å². The molecule has 0 unspecified atom stereocenters. The zero-order valence-electron chi connectivity index (χ0n) is 13.3. The highest BCUT2D eigenvalue weighted by Gasteiger charge is 2.06. The fourth-order valence-corrected chi connectivity index (χ4v) is 1.82. The summed E-state index contributed by atoms with van der Waals surface area (Å²) in [5.41, 5.74) is 0.843. The number of hydrogen-bond donors (Lipinski definition) is 1. The number of nitriles is 1. The molecule has 1 atom stereocenters. The molecule has 1 aromatic carbocycles. The van der Waals surface area contributed by atoms with E-state index < -0.39 is 0 Å². The van der Waals surface area contributed by atoms with Crippen LogP contribution >= 0.6 is 0 Å². The number of hydrogen-bond acceptors (Lipinski definition) is 4. The van der Waals surface area contributed by atoms with Crippen LogP contribution in [0.1, 0.15) is 32.8 Å². The summed E-state index contributed by atoms with van der Waals surface area (Å²) < 4.78 is 11.0. The third-order valence-electron chi connectivity index (χ3n) is 2.78. The van der Waals surface area contributed by atoms with Crippen LogP contribution in [0.3, 0.4) is 0 Å². The van der Waals surface area contributed by atoms with Crippen LogP contribution in [-0.2, 0) is 4.79 Å². The van der Waals surface area contributed by atoms with E-state index in [1.165, 1.54) is 6.08 Å². The molecule has 0 aromatic heterocycles. The van der Waals surface area contributed by atoms with Gasteiger partial charge in [0.2, 0.25) is 5.91 Å². The maximum absolute atomic E-state index is 11.7. The number of nitrogens with one attached hydrogen (secondary N) is 1. The van der Waals surface area contributed by atoms with Gasteiger partial charge in [-0.05, 0) is 44.5 Å². The molecule has 22 heavy (non-hydrogen) atoms. The Hall–Kier alpha value is -2.48. The Morgan fingerprint density at radius 2 is 2.00 bits per heavy atom. The number of carbonyl (C=O) groups is 1. The summed E-state index contributed by atoms with van der Waals surface area (Å²) in [5, 5.41) is 11.3. The van der Waals surface area contributed by atoms with E-state index in [-0.39, 0.29) is 18.4 Å². The SMILES string of the molecule is CCOc1ccc(/C=C\C(=O)N[C@@H](C)CC#N)cc1OCC. The third kappa shape index (κ3) is 5.88. The van der Waals surface area contributed by atoms with Gasteiger partial charge in [-0.2, -0.15) is 5.26 Å². The van der Waals surface area contributed by atoms with Gasteiger partial charge in [0.15, 0.2) is 11.5 Å². The summed E-state index contributed by atoms with van der Waals surface area (Å²) >= 11 is 0. The molecule has 0 aliphatic carbocycles. The smallest absolute Gasteiger partial charge is 0.244 e. The van der Waals surface area contributed by atoms with E-state index >= 15 is 0 Å². The molecule has 0 bridgehead atoms. The Kier molecular flexibility index (Phi) is 7.55. The quantitative estimate of drug-likeness (QED) is 0.749. The summed E-state index contributed by atoms with van der Waals surface area (Å²) in [5.74, 6) is 1.12. The number of amides is 1. The molecule has 1 amide bonds. The van der Waals surface area contributed by atoms with Crippen molar-refractivity contribution in [2.75, 3.05) is 13.2 Å². The van der Waals surface area contributed by atoms with Crippen LogP contribution in [0.15, 0.2) is 24.3 Å². The van der Waals surface area contributed by atoms with Crippen LogP contribution in [0, 0.1) is 11.3 Å². The number of rotatable bonds is 8. The van der Waals surface area contributed by atoms with Crippen LogP contribution in [0.4, 0.5) is 0 Å². The zero-order chi connectivity index (χ0) is 16.4. The van der Waals surface area contributed by atoms with E-state index in [2.05, 4.69) is 5.32 Å². The van der Waals surface area contributed by atoms with Crippen LogP contribution in [-0.4, -0.2) is 25.2 Å². The molecule has 5 nitrogen and oxygen atoms in total. The minimum absolute atomic E-state index is 0.165. The van der Waals surface area contributed by atoms with Gasteiger partial charge in [0.05, 0.1) is 25.7 Å². The van der Waals surface area contributed by atoms with Gasteiger partial charge in [-0.3, -0.25) is 4.79 Å². The number of nitrogens with zero attached hydrogens (tertiary/aromatic N) is 1. The van der Waals surface area contributed by atoms with E-state index in [1.54, 1.807) is 13.0 Å². The summed E-state index contributed by atoms with van der Waals surface area (Å²) in [6.45, 7) is 6.71. The lowest BCUT2D eigenvalue weighted by molar-refractivity contribution is -0.116. The van der Waals surface area contributed by atoms with Crippen molar-refractivity contribution >= 4 is 12.0 Å². The van der Waals surface area contributed by atoms with Crippen molar-refractivity contribution in [3.8, 4) is 17.6 Å². The van der Waals surface area contributed by atoms with Crippen LogP contribution in [0.25, 0.3) is 6.08 Å². The van der Waals surface area contributed by atoms with Crippen molar-refractivity contribution in [3.63, 3.8) is 0 Å². The first-order chi connectivity index (χ1) is 10.6. The first kappa shape index (κ1) is 17.6. The molecule has 5 heteroatoms. The van der Waals surface area contributed by atoms with E-state index in [0.717, 1.165) is 5.56 Å². The lowest BCUT2D eigenvalue weighted by atomic mass is 10.2. The Bertz CT molecular complexity index is 562. The first-order valence-corrected chi connectivity index (χ1v) is 7.35. The highest BCUT2D eigenvalue weighted by atomic mass is 16.5. The molecule has 0 saturated carbocycles. The summed E-state index contributed by atoms with van der Waals surface area (Å²) in [6.07, 6.45) is 3.43. The predicted octanol–water partition coefficient (Wildman–Crippen LogP) is 2.92. The fraction of sp³-hybridized carbons (Fsp3) is 0.412. The monoisotopic (exact) mass is 302 g/mol. The Morgan fingerprint density at radius 3 is 2.64 bits per heavy atom. The van der Waals surface area contributed by atoms with Crippen LogP contribution < -0.4 is 14.8 Å². The lowest BCUT2D eigenvalue weighted by Gasteiger charge is -2.11. The fourth-order valence-electron chi connectivity index (χ4n) is 1.82. The van der Waals surface area contributed by atoms with Crippen LogP contribution in [0.5, 0.6) is 11.5 Å². The molecule has 0 radical (unpaired) electrons. The zero-order valence-corrected chi connectivity index (χ0v) is 13.3. The second kappa shape index (κ2) is 9.46. The number of benzene rings is 1. The molecule has 0 aliphatic rings. The average Bonchev–Trinajstić information content (AvgIpc) is 2.48. The maximum Gasteiger partial charge on any atom is 0.244 e. The average molecular weight is 302 g/mol. The maximum atomic E-state index is 11.7. The summed E-state index contributed by atoms with van der Waals surface area (Å²) in [7, 11) is 0. The standard InChI is InChI=1S/C17H22N2O3/c1-4-21-15-8-6-14(12-16(15)22-5-2)7-9-17(20)19-13(3)10-11-18/h6-9,12-13H,4-5,10H2,1-3H3,(H,19,20)/b9-7-/t13-/m0/s1. The van der Waals surface area contributed by atoms with Crippen molar-refractivity contribution in [1.29, 1.82) is 5.26 Å². The summed E-state index contributed by atoms with van der Waals surface area (Å²) in [6, 6.07) is 7.36. The summed E-state index contributed by atoms with van der Waals surface area (Å²) in [4.78, 5) is 11.7. The molecule has 1 rings (SSSR count). The molecular weight excluding hydrogens is 280 g/mol. The highest BCUT2D eigenvalue weighted by molar-refractivity contribution is 5.92. The van der Waals surface area contributed by atoms with Gasteiger partial charge < -0.3 is 14.8 Å². The van der Waals surface area contributed by atoms with Crippen molar-refractivity contribution < 1.29 is 14.3 Å². The molecule has 118 valence electrons.